The number of aliphatic hydroxyl groups excluding tert-OH is 1. The van der Waals surface area contributed by atoms with Gasteiger partial charge in [0, 0.05) is 52.7 Å². The molecule has 6 rings (SSSR count). The minimum absolute atomic E-state index is 0. The molecule has 1 aliphatic heterocycles. The van der Waals surface area contributed by atoms with Crippen LogP contribution in [0.5, 0.6) is 0 Å². The Kier molecular flexibility index (Phi) is 6.45. The van der Waals surface area contributed by atoms with Gasteiger partial charge in [-0.25, -0.2) is 4.39 Å². The van der Waals surface area contributed by atoms with Crippen molar-refractivity contribution in [3.63, 3.8) is 0 Å². The van der Waals surface area contributed by atoms with Crippen LogP contribution in [0.2, 0.25) is 0 Å². The van der Waals surface area contributed by atoms with Crippen molar-refractivity contribution in [2.45, 2.75) is 64.8 Å². The van der Waals surface area contributed by atoms with Crippen molar-refractivity contribution in [2.24, 2.45) is 0 Å². The smallest absolute Gasteiger partial charge is 0.123 e. The minimum Gasteiger partial charge on any atom is -0.389 e. The first-order chi connectivity index (χ1) is 16.1. The van der Waals surface area contributed by atoms with E-state index in [2.05, 4.69) is 45.2 Å². The fourth-order valence-corrected chi connectivity index (χ4v) is 6.23. The van der Waals surface area contributed by atoms with Crippen LogP contribution in [0.4, 0.5) is 4.39 Å². The second kappa shape index (κ2) is 9.37. The zero-order valence-electron chi connectivity index (χ0n) is 19.8. The average molecular weight is 482 g/mol. The summed E-state index contributed by atoms with van der Waals surface area (Å²) in [6.07, 6.45) is 5.11. The molecule has 4 nitrogen and oxygen atoms in total. The van der Waals surface area contributed by atoms with Gasteiger partial charge in [-0.1, -0.05) is 25.1 Å². The molecule has 34 heavy (non-hydrogen) atoms. The van der Waals surface area contributed by atoms with Gasteiger partial charge in [-0.2, -0.15) is 0 Å². The maximum atomic E-state index is 14.1. The number of aromatic nitrogens is 2. The highest BCUT2D eigenvalue weighted by atomic mass is 35.5. The first-order valence-corrected chi connectivity index (χ1v) is 12.4. The van der Waals surface area contributed by atoms with Gasteiger partial charge in [-0.05, 0) is 67.6 Å². The van der Waals surface area contributed by atoms with Gasteiger partial charge >= 0.3 is 0 Å². The standard InChI is InChI=1S/C28H32FN3O.ClH/c1-2-30-14-13-28-24(18-30)23-15-19(29)11-12-27(23)32(28)17-20(33)16-31-25-9-5-3-7-21(25)22-8-4-6-10-26(22)31;/h3,5,7,9,11-12,15,20,33H,2,4,6,8,10,13-14,16-18H2,1H3;1H. The van der Waals surface area contributed by atoms with Crippen molar-refractivity contribution in [1.29, 1.82) is 0 Å². The summed E-state index contributed by atoms with van der Waals surface area (Å²) in [5, 5.41) is 13.7. The Morgan fingerprint density at radius 2 is 1.59 bits per heavy atom. The molecule has 180 valence electrons. The fraction of sp³-hybridized carbons (Fsp3) is 0.429. The van der Waals surface area contributed by atoms with Crippen molar-refractivity contribution < 1.29 is 9.50 Å². The average Bonchev–Trinajstić information content (AvgIpc) is 3.31. The second-order valence-electron chi connectivity index (χ2n) is 9.73. The Hall–Kier alpha value is -2.34. The lowest BCUT2D eigenvalue weighted by Crippen LogP contribution is -2.32. The van der Waals surface area contributed by atoms with E-state index in [1.165, 1.54) is 46.3 Å². The van der Waals surface area contributed by atoms with Crippen LogP contribution < -0.4 is 0 Å². The summed E-state index contributed by atoms with van der Waals surface area (Å²) in [5.74, 6) is -0.193. The number of halogens is 2. The molecule has 4 aromatic rings. The van der Waals surface area contributed by atoms with Gasteiger partial charge in [0.1, 0.15) is 5.82 Å². The number of rotatable bonds is 5. The lowest BCUT2D eigenvalue weighted by molar-refractivity contribution is 0.134. The molecule has 1 N–H and O–H groups in total. The molecule has 1 atom stereocenters. The molecule has 0 spiro atoms. The quantitative estimate of drug-likeness (QED) is 0.409. The van der Waals surface area contributed by atoms with Gasteiger partial charge in [0.05, 0.1) is 19.2 Å². The lowest BCUT2D eigenvalue weighted by atomic mass is 9.95. The fourth-order valence-electron chi connectivity index (χ4n) is 6.23. The topological polar surface area (TPSA) is 33.3 Å². The lowest BCUT2D eigenvalue weighted by Gasteiger charge is -2.27. The van der Waals surface area contributed by atoms with Crippen LogP contribution in [-0.2, 0) is 38.9 Å². The largest absolute Gasteiger partial charge is 0.389 e. The predicted octanol–water partition coefficient (Wildman–Crippen LogP) is 5.47. The Bertz CT molecular complexity index is 1340. The molecule has 0 amide bonds. The second-order valence-corrected chi connectivity index (χ2v) is 9.73. The van der Waals surface area contributed by atoms with Crippen LogP contribution in [-0.4, -0.2) is 38.3 Å². The van der Waals surface area contributed by atoms with Gasteiger partial charge in [-0.15, -0.1) is 12.4 Å². The van der Waals surface area contributed by atoms with Crippen LogP contribution in [0, 0.1) is 5.82 Å². The molecule has 6 heteroatoms. The minimum atomic E-state index is -0.513. The Balaban J connectivity index is 0.00000241. The zero-order valence-corrected chi connectivity index (χ0v) is 20.6. The van der Waals surface area contributed by atoms with Gasteiger partial charge in [0.15, 0.2) is 0 Å². The van der Waals surface area contributed by atoms with Gasteiger partial charge < -0.3 is 14.2 Å². The Labute approximate surface area is 206 Å². The maximum absolute atomic E-state index is 14.1. The summed E-state index contributed by atoms with van der Waals surface area (Å²) in [6, 6.07) is 13.7. The van der Waals surface area contributed by atoms with Crippen molar-refractivity contribution in [1.82, 2.24) is 14.0 Å². The van der Waals surface area contributed by atoms with E-state index >= 15 is 0 Å². The van der Waals surface area contributed by atoms with E-state index in [1.807, 2.05) is 6.07 Å². The first-order valence-electron chi connectivity index (χ1n) is 12.4. The normalized spacial score (nSPS) is 16.9. The van der Waals surface area contributed by atoms with Crippen molar-refractivity contribution in [3.8, 4) is 0 Å². The van der Waals surface area contributed by atoms with Crippen LogP contribution in [0.3, 0.4) is 0 Å². The highest BCUT2D eigenvalue weighted by Gasteiger charge is 2.26. The van der Waals surface area contributed by atoms with E-state index in [-0.39, 0.29) is 18.2 Å². The van der Waals surface area contributed by atoms with Crippen LogP contribution in [0.15, 0.2) is 42.5 Å². The number of aryl methyl sites for hydroxylation is 1. The number of hydrogen-bond acceptors (Lipinski definition) is 2. The molecular weight excluding hydrogens is 449 g/mol. The van der Waals surface area contributed by atoms with E-state index in [4.69, 9.17) is 0 Å². The van der Waals surface area contributed by atoms with Crippen LogP contribution in [0.25, 0.3) is 21.8 Å². The SMILES string of the molecule is CCN1CCc2c(c3cc(F)ccc3n2CC(O)Cn2c3c(c4ccccc42)CCCC3)C1.Cl. The van der Waals surface area contributed by atoms with Gasteiger partial charge in [0.2, 0.25) is 0 Å². The molecule has 2 aromatic carbocycles. The predicted molar refractivity (Wildman–Crippen MR) is 138 cm³/mol. The Morgan fingerprint density at radius 3 is 2.38 bits per heavy atom. The summed E-state index contributed by atoms with van der Waals surface area (Å²) >= 11 is 0. The van der Waals surface area contributed by atoms with Crippen molar-refractivity contribution in [3.05, 3.63) is 70.8 Å². The maximum Gasteiger partial charge on any atom is 0.123 e. The molecule has 0 saturated heterocycles. The van der Waals surface area contributed by atoms with E-state index in [1.54, 1.807) is 12.1 Å². The van der Waals surface area contributed by atoms with E-state index in [9.17, 15) is 9.50 Å². The van der Waals surface area contributed by atoms with E-state index in [0.29, 0.717) is 13.1 Å². The number of aliphatic hydroxyl groups is 1. The summed E-state index contributed by atoms with van der Waals surface area (Å²) < 4.78 is 18.8. The first kappa shape index (κ1) is 23.4. The highest BCUT2D eigenvalue weighted by Crippen LogP contribution is 2.34. The molecule has 1 aliphatic carbocycles. The molecule has 0 fully saturated rings. The number of benzene rings is 2. The molecule has 3 heterocycles. The number of nitrogens with zero attached hydrogens (tertiary/aromatic N) is 3. The van der Waals surface area contributed by atoms with E-state index in [0.717, 1.165) is 49.8 Å². The Morgan fingerprint density at radius 1 is 0.882 bits per heavy atom. The van der Waals surface area contributed by atoms with Gasteiger partial charge in [0.25, 0.3) is 0 Å². The third kappa shape index (κ3) is 3.84. The number of likely N-dealkylation sites (N-methyl/N-ethyl adjacent to an activating group) is 1. The van der Waals surface area contributed by atoms with Crippen molar-refractivity contribution >= 4 is 34.2 Å². The molecule has 0 bridgehead atoms. The third-order valence-corrected chi connectivity index (χ3v) is 7.81. The molecule has 2 aliphatic rings. The van der Waals surface area contributed by atoms with Crippen LogP contribution >= 0.6 is 12.4 Å². The monoisotopic (exact) mass is 481 g/mol. The highest BCUT2D eigenvalue weighted by molar-refractivity contribution is 5.87. The van der Waals surface area contributed by atoms with Gasteiger partial charge in [-0.3, -0.25) is 4.90 Å². The van der Waals surface area contributed by atoms with Crippen molar-refractivity contribution in [2.75, 3.05) is 13.1 Å². The number of fused-ring (bicyclic) bond motifs is 6. The molecule has 0 radical (unpaired) electrons. The molecule has 1 unspecified atom stereocenters. The molecule has 2 aromatic heterocycles. The number of hydrogen-bond donors (Lipinski definition) is 1. The van der Waals surface area contributed by atoms with Crippen LogP contribution in [0.1, 0.15) is 42.3 Å². The summed E-state index contributed by atoms with van der Waals surface area (Å²) in [5.41, 5.74) is 7.65. The zero-order chi connectivity index (χ0) is 22.5. The summed E-state index contributed by atoms with van der Waals surface area (Å²) in [7, 11) is 0. The van der Waals surface area contributed by atoms with E-state index < -0.39 is 6.10 Å². The molecular formula is C28H33ClFN3O. The summed E-state index contributed by atoms with van der Waals surface area (Å²) in [4.78, 5) is 2.41. The third-order valence-electron chi connectivity index (χ3n) is 7.81. The summed E-state index contributed by atoms with van der Waals surface area (Å²) in [6.45, 7) is 6.16. The number of para-hydroxylation sites is 1. The molecule has 0 saturated carbocycles.